The summed E-state index contributed by atoms with van der Waals surface area (Å²) in [5.41, 5.74) is 5.85. The van der Waals surface area contributed by atoms with Crippen LogP contribution in [-0.2, 0) is 0 Å². The second kappa shape index (κ2) is 5.55. The van der Waals surface area contributed by atoms with Crippen molar-refractivity contribution < 1.29 is 5.11 Å². The Morgan fingerprint density at radius 1 is 1.08 bits per heavy atom. The summed E-state index contributed by atoms with van der Waals surface area (Å²) in [7, 11) is 0. The van der Waals surface area contributed by atoms with Gasteiger partial charge in [-0.1, -0.05) is 27.7 Å². The van der Waals surface area contributed by atoms with Gasteiger partial charge in [0.25, 0.3) is 0 Å². The molecule has 2 nitrogen and oxygen atoms in total. The van der Waals surface area contributed by atoms with Gasteiger partial charge in [0.15, 0.2) is 0 Å². The van der Waals surface area contributed by atoms with E-state index < -0.39 is 0 Å². The highest BCUT2D eigenvalue weighted by Gasteiger charge is 2.14. The SMILES string of the molecule is CC(C)CC(N)C[C@@H](O)C(C)C. The first-order valence-corrected chi connectivity index (χ1v) is 4.87. The van der Waals surface area contributed by atoms with E-state index in [9.17, 15) is 5.11 Å². The predicted molar refractivity (Wildman–Crippen MR) is 52.9 cm³/mol. The number of hydrogen-bond acceptors (Lipinski definition) is 2. The first kappa shape index (κ1) is 11.9. The third kappa shape index (κ3) is 5.56. The van der Waals surface area contributed by atoms with Crippen LogP contribution in [0.1, 0.15) is 40.5 Å². The van der Waals surface area contributed by atoms with E-state index in [2.05, 4.69) is 13.8 Å². The molecule has 0 rings (SSSR count). The summed E-state index contributed by atoms with van der Waals surface area (Å²) < 4.78 is 0. The highest BCUT2D eigenvalue weighted by molar-refractivity contribution is 4.70. The van der Waals surface area contributed by atoms with Crippen LogP contribution in [0.4, 0.5) is 0 Å². The number of aliphatic hydroxyl groups excluding tert-OH is 1. The molecule has 0 saturated heterocycles. The third-order valence-electron chi connectivity index (χ3n) is 2.09. The lowest BCUT2D eigenvalue weighted by Crippen LogP contribution is -2.30. The number of nitrogens with two attached hydrogens (primary N) is 1. The molecule has 0 aromatic rings. The highest BCUT2D eigenvalue weighted by Crippen LogP contribution is 2.12. The molecule has 2 atom stereocenters. The maximum absolute atomic E-state index is 9.53. The van der Waals surface area contributed by atoms with Crippen molar-refractivity contribution in [1.29, 1.82) is 0 Å². The summed E-state index contributed by atoms with van der Waals surface area (Å²) in [4.78, 5) is 0. The number of aliphatic hydroxyl groups is 1. The van der Waals surface area contributed by atoms with Gasteiger partial charge in [-0.2, -0.15) is 0 Å². The molecule has 0 aromatic carbocycles. The molecular formula is C10H23NO. The summed E-state index contributed by atoms with van der Waals surface area (Å²) >= 11 is 0. The molecule has 0 bridgehead atoms. The second-order valence-corrected chi connectivity index (χ2v) is 4.44. The normalized spacial score (nSPS) is 17.0. The van der Waals surface area contributed by atoms with Gasteiger partial charge in [0, 0.05) is 6.04 Å². The molecule has 12 heavy (non-hydrogen) atoms. The number of rotatable bonds is 5. The standard InChI is InChI=1S/C10H23NO/c1-7(2)5-9(11)6-10(12)8(3)4/h7-10,12H,5-6,11H2,1-4H3/t9?,10-/m1/s1. The smallest absolute Gasteiger partial charge is 0.0577 e. The van der Waals surface area contributed by atoms with Crippen LogP contribution in [0, 0.1) is 11.8 Å². The minimum Gasteiger partial charge on any atom is -0.393 e. The van der Waals surface area contributed by atoms with Gasteiger partial charge in [-0.3, -0.25) is 0 Å². The zero-order valence-electron chi connectivity index (χ0n) is 8.75. The van der Waals surface area contributed by atoms with Crippen molar-refractivity contribution in [1.82, 2.24) is 0 Å². The van der Waals surface area contributed by atoms with E-state index in [1.54, 1.807) is 0 Å². The Labute approximate surface area is 76.2 Å². The van der Waals surface area contributed by atoms with Gasteiger partial charge in [-0.25, -0.2) is 0 Å². The van der Waals surface area contributed by atoms with Crippen LogP contribution in [0.3, 0.4) is 0 Å². The van der Waals surface area contributed by atoms with Gasteiger partial charge in [0.1, 0.15) is 0 Å². The van der Waals surface area contributed by atoms with Crippen molar-refractivity contribution in [3.8, 4) is 0 Å². The van der Waals surface area contributed by atoms with Crippen LogP contribution >= 0.6 is 0 Å². The van der Waals surface area contributed by atoms with E-state index in [-0.39, 0.29) is 12.1 Å². The van der Waals surface area contributed by atoms with Gasteiger partial charge in [0.2, 0.25) is 0 Å². The summed E-state index contributed by atoms with van der Waals surface area (Å²) in [6.45, 7) is 8.35. The molecule has 1 unspecified atom stereocenters. The fourth-order valence-electron chi connectivity index (χ4n) is 1.28. The van der Waals surface area contributed by atoms with Crippen molar-refractivity contribution >= 4 is 0 Å². The molecule has 3 N–H and O–H groups in total. The molecule has 0 spiro atoms. The van der Waals surface area contributed by atoms with E-state index in [1.165, 1.54) is 0 Å². The lowest BCUT2D eigenvalue weighted by molar-refractivity contribution is 0.106. The van der Waals surface area contributed by atoms with Gasteiger partial charge < -0.3 is 10.8 Å². The quantitative estimate of drug-likeness (QED) is 0.665. The summed E-state index contributed by atoms with van der Waals surface area (Å²) in [6, 6.07) is 0.155. The average Bonchev–Trinajstić information content (AvgIpc) is 1.84. The Kier molecular flexibility index (Phi) is 5.51. The van der Waals surface area contributed by atoms with E-state index in [1.807, 2.05) is 13.8 Å². The van der Waals surface area contributed by atoms with Gasteiger partial charge in [-0.15, -0.1) is 0 Å². The summed E-state index contributed by atoms with van der Waals surface area (Å²) in [5, 5.41) is 9.53. The molecule has 0 radical (unpaired) electrons. The van der Waals surface area contributed by atoms with Crippen LogP contribution in [0.2, 0.25) is 0 Å². The van der Waals surface area contributed by atoms with Crippen LogP contribution in [0.15, 0.2) is 0 Å². The van der Waals surface area contributed by atoms with E-state index in [0.717, 1.165) is 12.8 Å². The number of hydrogen-bond donors (Lipinski definition) is 2. The van der Waals surface area contributed by atoms with Gasteiger partial charge in [0.05, 0.1) is 6.10 Å². The van der Waals surface area contributed by atoms with Crippen molar-refractivity contribution in [2.24, 2.45) is 17.6 Å². The van der Waals surface area contributed by atoms with E-state index in [0.29, 0.717) is 11.8 Å². The molecule has 0 heterocycles. The van der Waals surface area contributed by atoms with Crippen molar-refractivity contribution in [3.63, 3.8) is 0 Å². The van der Waals surface area contributed by atoms with Gasteiger partial charge >= 0.3 is 0 Å². The molecule has 74 valence electrons. The monoisotopic (exact) mass is 173 g/mol. The average molecular weight is 173 g/mol. The predicted octanol–water partition coefficient (Wildman–Crippen LogP) is 1.77. The minimum absolute atomic E-state index is 0.155. The lowest BCUT2D eigenvalue weighted by atomic mass is 9.95. The Morgan fingerprint density at radius 2 is 1.58 bits per heavy atom. The van der Waals surface area contributed by atoms with E-state index in [4.69, 9.17) is 5.73 Å². The Balaban J connectivity index is 3.61. The second-order valence-electron chi connectivity index (χ2n) is 4.44. The molecular weight excluding hydrogens is 150 g/mol. The minimum atomic E-state index is -0.237. The van der Waals surface area contributed by atoms with Crippen molar-refractivity contribution in [2.45, 2.75) is 52.7 Å². The van der Waals surface area contributed by atoms with Crippen molar-refractivity contribution in [2.75, 3.05) is 0 Å². The molecule has 0 aromatic heterocycles. The van der Waals surface area contributed by atoms with Crippen LogP contribution in [-0.4, -0.2) is 17.3 Å². The molecule has 0 aliphatic rings. The first-order valence-electron chi connectivity index (χ1n) is 4.87. The highest BCUT2D eigenvalue weighted by atomic mass is 16.3. The molecule has 0 fully saturated rings. The fourth-order valence-corrected chi connectivity index (χ4v) is 1.28. The molecule has 0 saturated carbocycles. The summed E-state index contributed by atoms with van der Waals surface area (Å²) in [6.07, 6.45) is 1.50. The largest absolute Gasteiger partial charge is 0.393 e. The Bertz CT molecular complexity index is 112. The maximum Gasteiger partial charge on any atom is 0.0577 e. The Hall–Kier alpha value is -0.0800. The first-order chi connectivity index (χ1) is 5.43. The lowest BCUT2D eigenvalue weighted by Gasteiger charge is -2.20. The molecule has 2 heteroatoms. The summed E-state index contributed by atoms with van der Waals surface area (Å²) in [5.74, 6) is 0.947. The molecule has 0 aliphatic heterocycles. The third-order valence-corrected chi connectivity index (χ3v) is 2.09. The molecule has 0 amide bonds. The maximum atomic E-state index is 9.53. The van der Waals surface area contributed by atoms with Crippen LogP contribution in [0.25, 0.3) is 0 Å². The van der Waals surface area contributed by atoms with E-state index >= 15 is 0 Å². The zero-order valence-corrected chi connectivity index (χ0v) is 8.75. The topological polar surface area (TPSA) is 46.2 Å². The van der Waals surface area contributed by atoms with Crippen LogP contribution in [0.5, 0.6) is 0 Å². The fraction of sp³-hybridized carbons (Fsp3) is 1.00. The molecule has 0 aliphatic carbocycles. The van der Waals surface area contributed by atoms with Gasteiger partial charge in [-0.05, 0) is 24.7 Å². The zero-order chi connectivity index (χ0) is 9.72. The Morgan fingerprint density at radius 3 is 1.92 bits per heavy atom. The van der Waals surface area contributed by atoms with Crippen LogP contribution < -0.4 is 5.73 Å². The van der Waals surface area contributed by atoms with Crippen molar-refractivity contribution in [3.05, 3.63) is 0 Å².